The van der Waals surface area contributed by atoms with Crippen LogP contribution in [0.25, 0.3) is 72.3 Å². The second-order valence-corrected chi connectivity index (χ2v) is 13.6. The number of rotatable bonds is 4. The van der Waals surface area contributed by atoms with Gasteiger partial charge in [-0.25, -0.2) is 4.99 Å². The lowest BCUT2D eigenvalue weighted by Gasteiger charge is -2.28. The molecule has 1 aliphatic heterocycles. The number of benzene rings is 7. The van der Waals surface area contributed by atoms with Crippen molar-refractivity contribution in [2.75, 3.05) is 11.9 Å². The molecule has 0 saturated heterocycles. The van der Waals surface area contributed by atoms with E-state index in [2.05, 4.69) is 168 Å². The summed E-state index contributed by atoms with van der Waals surface area (Å²) in [5, 5.41) is 6.89. The van der Waals surface area contributed by atoms with Crippen molar-refractivity contribution >= 4 is 66.8 Å². The Labute approximate surface area is 307 Å². The van der Waals surface area contributed by atoms with Crippen LogP contribution in [0.5, 0.6) is 0 Å². The highest BCUT2D eigenvalue weighted by Crippen LogP contribution is 2.39. The molecule has 0 radical (unpaired) electrons. The number of nitrogens with zero attached hydrogens (tertiary/aromatic N) is 3. The molecule has 0 spiro atoms. The highest BCUT2D eigenvalue weighted by Gasteiger charge is 2.25. The molecule has 3 heterocycles. The summed E-state index contributed by atoms with van der Waals surface area (Å²) in [5.74, 6) is 0.848. The molecule has 0 atom stereocenters. The second kappa shape index (κ2) is 12.4. The van der Waals surface area contributed by atoms with Gasteiger partial charge in [0.05, 0.1) is 27.7 Å². The van der Waals surface area contributed by atoms with Gasteiger partial charge in [-0.2, -0.15) is 0 Å². The van der Waals surface area contributed by atoms with Crippen LogP contribution in [0, 0.1) is 0 Å². The van der Waals surface area contributed by atoms with E-state index in [4.69, 9.17) is 9.41 Å². The Morgan fingerprint density at radius 2 is 1.36 bits per heavy atom. The van der Waals surface area contributed by atoms with Crippen molar-refractivity contribution in [3.05, 3.63) is 192 Å². The number of hydrogen-bond donors (Lipinski definition) is 0. The lowest BCUT2D eigenvalue weighted by atomic mass is 9.97. The zero-order chi connectivity index (χ0) is 35.5. The van der Waals surface area contributed by atoms with Crippen molar-refractivity contribution in [2.45, 2.75) is 6.92 Å². The average molecular weight is 682 g/mol. The van der Waals surface area contributed by atoms with Crippen LogP contribution in [0.4, 0.5) is 5.69 Å². The summed E-state index contributed by atoms with van der Waals surface area (Å²) < 4.78 is 9.05. The smallest absolute Gasteiger partial charge is 0.145 e. The molecule has 0 aliphatic carbocycles. The first kappa shape index (κ1) is 30.9. The highest BCUT2D eigenvalue weighted by atomic mass is 16.3. The van der Waals surface area contributed by atoms with E-state index < -0.39 is 0 Å². The summed E-state index contributed by atoms with van der Waals surface area (Å²) in [6.07, 6.45) is 6.10. The van der Waals surface area contributed by atoms with Gasteiger partial charge in [0.15, 0.2) is 0 Å². The van der Waals surface area contributed by atoms with E-state index in [1.54, 1.807) is 0 Å². The number of aromatic nitrogens is 1. The van der Waals surface area contributed by atoms with E-state index in [-0.39, 0.29) is 0 Å². The van der Waals surface area contributed by atoms with Crippen molar-refractivity contribution in [1.82, 2.24) is 4.57 Å². The second-order valence-electron chi connectivity index (χ2n) is 13.6. The van der Waals surface area contributed by atoms with E-state index in [9.17, 15) is 0 Å². The van der Waals surface area contributed by atoms with Gasteiger partial charge in [0.1, 0.15) is 16.8 Å². The summed E-state index contributed by atoms with van der Waals surface area (Å²) in [4.78, 5) is 7.64. The Bertz CT molecular complexity index is 3090. The van der Waals surface area contributed by atoms with Gasteiger partial charge in [0.2, 0.25) is 0 Å². The maximum absolute atomic E-state index is 6.65. The number of anilines is 1. The zero-order valence-electron chi connectivity index (χ0n) is 29.5. The first-order valence-electron chi connectivity index (χ1n) is 18.1. The molecular weight excluding hydrogens is 647 g/mol. The summed E-state index contributed by atoms with van der Waals surface area (Å²) in [6.45, 7) is 2.02. The van der Waals surface area contributed by atoms with Gasteiger partial charge in [-0.1, -0.05) is 127 Å². The van der Waals surface area contributed by atoms with Crippen molar-refractivity contribution in [2.24, 2.45) is 4.99 Å². The van der Waals surface area contributed by atoms with Crippen molar-refractivity contribution < 1.29 is 4.42 Å². The van der Waals surface area contributed by atoms with Crippen LogP contribution in [0.2, 0.25) is 0 Å². The number of para-hydroxylation sites is 2. The average Bonchev–Trinajstić information content (AvgIpc) is 3.75. The SMILES string of the molecule is C\C=C/C=c1/oc2ccc(-c3cccc4c3c3ccccc3n4-c3ccc4ccccc4c3)cc2/c1=C1\N=C(c2ccccc2)c2ccccc2N1C. The first-order chi connectivity index (χ1) is 26.2. The van der Waals surface area contributed by atoms with Gasteiger partial charge in [-0.15, -0.1) is 0 Å². The molecule has 53 heavy (non-hydrogen) atoms. The van der Waals surface area contributed by atoms with Crippen LogP contribution in [0.1, 0.15) is 18.1 Å². The number of aliphatic imine (C=N–C) groups is 1. The molecule has 2 aromatic heterocycles. The lowest BCUT2D eigenvalue weighted by molar-refractivity contribution is 0.575. The Morgan fingerprint density at radius 3 is 2.25 bits per heavy atom. The molecule has 9 aromatic rings. The molecule has 1 aliphatic rings. The van der Waals surface area contributed by atoms with Crippen LogP contribution in [0.3, 0.4) is 0 Å². The molecule has 4 heteroatoms. The predicted molar refractivity (Wildman–Crippen MR) is 222 cm³/mol. The molecule has 252 valence electrons. The van der Waals surface area contributed by atoms with Gasteiger partial charge in [-0.05, 0) is 77.4 Å². The largest absolute Gasteiger partial charge is 0.456 e. The van der Waals surface area contributed by atoms with Crippen LogP contribution in [0.15, 0.2) is 179 Å². The molecule has 0 unspecified atom stereocenters. The Morgan fingerprint density at radius 1 is 0.604 bits per heavy atom. The summed E-state index contributed by atoms with van der Waals surface area (Å²) in [5.41, 5.74) is 11.6. The lowest BCUT2D eigenvalue weighted by Crippen LogP contribution is -2.33. The van der Waals surface area contributed by atoms with E-state index in [0.29, 0.717) is 0 Å². The summed E-state index contributed by atoms with van der Waals surface area (Å²) in [7, 11) is 2.10. The zero-order valence-corrected chi connectivity index (χ0v) is 29.5. The fraction of sp³-hybridized carbons (Fsp3) is 0.0408. The third-order valence-corrected chi connectivity index (χ3v) is 10.5. The number of fused-ring (bicyclic) bond motifs is 6. The maximum Gasteiger partial charge on any atom is 0.145 e. The third kappa shape index (κ3) is 4.95. The number of furan rings is 1. The topological polar surface area (TPSA) is 33.7 Å². The van der Waals surface area contributed by atoms with E-state index in [1.807, 2.05) is 31.2 Å². The van der Waals surface area contributed by atoms with Gasteiger partial charge < -0.3 is 13.9 Å². The third-order valence-electron chi connectivity index (χ3n) is 10.5. The Hall–Kier alpha value is -6.91. The summed E-state index contributed by atoms with van der Waals surface area (Å²) in [6, 6.07) is 56.2. The molecule has 0 amide bonds. The van der Waals surface area contributed by atoms with Crippen molar-refractivity contribution in [1.29, 1.82) is 0 Å². The van der Waals surface area contributed by atoms with Gasteiger partial charge in [-0.3, -0.25) is 0 Å². The predicted octanol–water partition coefficient (Wildman–Crippen LogP) is 10.8. The Balaban J connectivity index is 1.26. The van der Waals surface area contributed by atoms with Gasteiger partial charge >= 0.3 is 0 Å². The van der Waals surface area contributed by atoms with E-state index in [1.165, 1.54) is 38.1 Å². The number of allylic oxidation sites excluding steroid dienone is 2. The first-order valence-corrected chi connectivity index (χ1v) is 18.1. The fourth-order valence-corrected chi connectivity index (χ4v) is 8.03. The van der Waals surface area contributed by atoms with Crippen LogP contribution >= 0.6 is 0 Å². The quantitative estimate of drug-likeness (QED) is 0.185. The minimum absolute atomic E-state index is 0.777. The molecular formula is C49H35N3O. The van der Waals surface area contributed by atoms with Crippen molar-refractivity contribution in [3.63, 3.8) is 0 Å². The molecule has 7 aromatic carbocycles. The molecule has 0 fully saturated rings. The van der Waals surface area contributed by atoms with Crippen LogP contribution in [-0.2, 0) is 0 Å². The standard InChI is InChI=1S/C49H35N3O/c1-3-4-25-45-47(49-50-48(33-16-6-5-7-17-33)39-20-11-12-22-41(39)51(49)2)40-31-35(27-29-44(40)53-45)37-21-14-24-43-46(37)38-19-10-13-23-42(38)52(43)36-28-26-32-15-8-9-18-34(32)30-36/h3-31H,1-2H3/b4-3-,45-25+,49-47-. The highest BCUT2D eigenvalue weighted by molar-refractivity contribution is 6.20. The molecule has 0 saturated carbocycles. The van der Waals surface area contributed by atoms with Crippen LogP contribution in [-0.4, -0.2) is 17.3 Å². The van der Waals surface area contributed by atoms with E-state index >= 15 is 0 Å². The van der Waals surface area contributed by atoms with Crippen molar-refractivity contribution in [3.8, 4) is 16.8 Å². The van der Waals surface area contributed by atoms with Gasteiger partial charge in [0.25, 0.3) is 0 Å². The van der Waals surface area contributed by atoms with Crippen LogP contribution < -0.4 is 15.5 Å². The molecule has 0 bridgehead atoms. The van der Waals surface area contributed by atoms with Gasteiger partial charge in [0, 0.05) is 40.0 Å². The Kier molecular flexibility index (Phi) is 7.22. The molecule has 4 nitrogen and oxygen atoms in total. The van der Waals surface area contributed by atoms with E-state index in [0.717, 1.165) is 61.2 Å². The minimum atomic E-state index is 0.777. The molecule has 0 N–H and O–H groups in total. The number of hydrogen-bond acceptors (Lipinski definition) is 3. The minimum Gasteiger partial charge on any atom is -0.456 e. The normalized spacial score (nSPS) is 14.6. The fourth-order valence-electron chi connectivity index (χ4n) is 8.03. The summed E-state index contributed by atoms with van der Waals surface area (Å²) >= 11 is 0. The molecule has 10 rings (SSSR count). The maximum atomic E-state index is 6.65. The monoisotopic (exact) mass is 681 g/mol.